The predicted octanol–water partition coefficient (Wildman–Crippen LogP) is 3.69. The zero-order valence-electron chi connectivity index (χ0n) is 10.1. The number of rotatable bonds is 3. The molecule has 0 heterocycles. The van der Waals surface area contributed by atoms with Crippen LogP contribution in [-0.4, -0.2) is 8.42 Å². The largest absolute Gasteiger partial charge is 0.398 e. The van der Waals surface area contributed by atoms with Gasteiger partial charge in [0.05, 0.1) is 21.5 Å². The first-order valence-electron chi connectivity index (χ1n) is 5.52. The average Bonchev–Trinajstić information content (AvgIpc) is 2.33. The molecule has 0 saturated carbocycles. The summed E-state index contributed by atoms with van der Waals surface area (Å²) in [5.74, 6) is -1.08. The predicted molar refractivity (Wildman–Crippen MR) is 78.2 cm³/mol. The molecule has 0 aromatic heterocycles. The fourth-order valence-corrected chi connectivity index (χ4v) is 3.98. The normalized spacial score (nSPS) is 11.6. The van der Waals surface area contributed by atoms with Crippen molar-refractivity contribution in [1.29, 1.82) is 0 Å². The van der Waals surface area contributed by atoms with Crippen LogP contribution in [0.1, 0.15) is 5.56 Å². The van der Waals surface area contributed by atoms with Gasteiger partial charge in [-0.3, -0.25) is 0 Å². The van der Waals surface area contributed by atoms with Crippen LogP contribution in [0.2, 0.25) is 10.0 Å². The van der Waals surface area contributed by atoms with Gasteiger partial charge in [-0.15, -0.1) is 0 Å². The van der Waals surface area contributed by atoms with Gasteiger partial charge in [-0.2, -0.15) is 0 Å². The molecule has 20 heavy (non-hydrogen) atoms. The lowest BCUT2D eigenvalue weighted by atomic mass is 10.2. The monoisotopic (exact) mass is 333 g/mol. The van der Waals surface area contributed by atoms with Gasteiger partial charge >= 0.3 is 0 Å². The van der Waals surface area contributed by atoms with Crippen molar-refractivity contribution in [1.82, 2.24) is 0 Å². The van der Waals surface area contributed by atoms with E-state index in [0.717, 1.165) is 6.07 Å². The third kappa shape index (κ3) is 3.06. The van der Waals surface area contributed by atoms with E-state index in [9.17, 15) is 12.8 Å². The van der Waals surface area contributed by atoms with E-state index < -0.39 is 21.4 Å². The zero-order chi connectivity index (χ0) is 14.9. The van der Waals surface area contributed by atoms with Crippen molar-refractivity contribution in [3.05, 3.63) is 57.8 Å². The molecule has 0 aliphatic heterocycles. The van der Waals surface area contributed by atoms with Gasteiger partial charge in [0.1, 0.15) is 10.7 Å². The lowest BCUT2D eigenvalue weighted by Gasteiger charge is -2.09. The van der Waals surface area contributed by atoms with Gasteiger partial charge in [0.15, 0.2) is 9.84 Å². The second-order valence-corrected chi connectivity index (χ2v) is 6.91. The molecule has 0 amide bonds. The highest BCUT2D eigenvalue weighted by atomic mass is 35.5. The summed E-state index contributed by atoms with van der Waals surface area (Å²) in [6.07, 6.45) is 0. The number of benzene rings is 2. The number of hydrogen-bond acceptors (Lipinski definition) is 3. The van der Waals surface area contributed by atoms with Gasteiger partial charge in [-0.25, -0.2) is 12.8 Å². The fraction of sp³-hybridized carbons (Fsp3) is 0.0769. The Morgan fingerprint density at radius 2 is 1.80 bits per heavy atom. The first-order valence-corrected chi connectivity index (χ1v) is 7.93. The highest BCUT2D eigenvalue weighted by Gasteiger charge is 2.22. The molecule has 0 aliphatic carbocycles. The zero-order valence-corrected chi connectivity index (χ0v) is 12.4. The van der Waals surface area contributed by atoms with Crippen LogP contribution in [-0.2, 0) is 15.6 Å². The van der Waals surface area contributed by atoms with Crippen molar-refractivity contribution in [3.63, 3.8) is 0 Å². The first kappa shape index (κ1) is 15.1. The minimum atomic E-state index is -3.77. The molecule has 3 nitrogen and oxygen atoms in total. The van der Waals surface area contributed by atoms with Gasteiger partial charge in [0, 0.05) is 0 Å². The molecule has 0 radical (unpaired) electrons. The van der Waals surface area contributed by atoms with Crippen molar-refractivity contribution < 1.29 is 12.8 Å². The maximum atomic E-state index is 13.3. The third-order valence-corrected chi connectivity index (χ3v) is 5.17. The Morgan fingerprint density at radius 3 is 2.40 bits per heavy atom. The topological polar surface area (TPSA) is 60.2 Å². The molecule has 2 aromatic rings. The van der Waals surface area contributed by atoms with Crippen LogP contribution >= 0.6 is 23.2 Å². The Morgan fingerprint density at radius 1 is 1.10 bits per heavy atom. The summed E-state index contributed by atoms with van der Waals surface area (Å²) in [5.41, 5.74) is 5.99. The van der Waals surface area contributed by atoms with Gasteiger partial charge in [-0.1, -0.05) is 35.3 Å². The molecule has 0 spiro atoms. The SMILES string of the molecule is Nc1cccc(Cl)c1S(=O)(=O)Cc1ccc(Cl)c(F)c1. The summed E-state index contributed by atoms with van der Waals surface area (Å²) in [6, 6.07) is 8.26. The van der Waals surface area contributed by atoms with Crippen LogP contribution in [0.4, 0.5) is 10.1 Å². The van der Waals surface area contributed by atoms with Crippen LogP contribution in [0.3, 0.4) is 0 Å². The maximum Gasteiger partial charge on any atom is 0.186 e. The molecule has 0 saturated heterocycles. The molecular formula is C13H10Cl2FNO2S. The van der Waals surface area contributed by atoms with Crippen LogP contribution < -0.4 is 5.73 Å². The van der Waals surface area contributed by atoms with Crippen molar-refractivity contribution in [2.75, 3.05) is 5.73 Å². The van der Waals surface area contributed by atoms with Crippen LogP contribution in [0.25, 0.3) is 0 Å². The molecule has 0 aliphatic rings. The number of nitrogen functional groups attached to an aromatic ring is 1. The molecular weight excluding hydrogens is 324 g/mol. The summed E-state index contributed by atoms with van der Waals surface area (Å²) < 4.78 is 38.0. The number of nitrogens with two attached hydrogens (primary N) is 1. The van der Waals surface area contributed by atoms with Crippen molar-refractivity contribution in [2.45, 2.75) is 10.6 Å². The third-order valence-electron chi connectivity index (χ3n) is 2.65. The van der Waals surface area contributed by atoms with Gasteiger partial charge in [0.25, 0.3) is 0 Å². The lowest BCUT2D eigenvalue weighted by molar-refractivity contribution is 0.595. The molecule has 0 atom stereocenters. The van der Waals surface area contributed by atoms with E-state index in [1.54, 1.807) is 6.07 Å². The second kappa shape index (κ2) is 5.60. The van der Waals surface area contributed by atoms with Crippen molar-refractivity contribution in [3.8, 4) is 0 Å². The summed E-state index contributed by atoms with van der Waals surface area (Å²) in [4.78, 5) is -0.142. The standard InChI is InChI=1S/C13H10Cl2FNO2S/c14-9-5-4-8(6-11(9)16)7-20(18,19)13-10(15)2-1-3-12(13)17/h1-6H,7,17H2. The number of anilines is 1. The molecule has 2 aromatic carbocycles. The quantitative estimate of drug-likeness (QED) is 0.871. The van der Waals surface area contributed by atoms with E-state index in [0.29, 0.717) is 0 Å². The Bertz CT molecular complexity index is 743. The summed E-state index contributed by atoms with van der Waals surface area (Å²) in [5, 5.41) is -0.0251. The Labute approximate surface area is 126 Å². The Balaban J connectivity index is 2.43. The van der Waals surface area contributed by atoms with E-state index >= 15 is 0 Å². The van der Waals surface area contributed by atoms with Crippen molar-refractivity contribution in [2.24, 2.45) is 0 Å². The van der Waals surface area contributed by atoms with Crippen LogP contribution in [0.15, 0.2) is 41.3 Å². The molecule has 0 fully saturated rings. The molecule has 106 valence electrons. The Hall–Kier alpha value is -1.30. The highest BCUT2D eigenvalue weighted by Crippen LogP contribution is 2.30. The van der Waals surface area contributed by atoms with Crippen LogP contribution in [0.5, 0.6) is 0 Å². The summed E-state index contributed by atoms with van der Waals surface area (Å²) in [6.45, 7) is 0. The van der Waals surface area contributed by atoms with E-state index in [2.05, 4.69) is 0 Å². The molecule has 0 bridgehead atoms. The fourth-order valence-electron chi connectivity index (χ4n) is 1.77. The van der Waals surface area contributed by atoms with E-state index in [1.165, 1.54) is 24.3 Å². The maximum absolute atomic E-state index is 13.3. The molecule has 7 heteroatoms. The van der Waals surface area contributed by atoms with Crippen molar-refractivity contribution >= 4 is 38.7 Å². The van der Waals surface area contributed by atoms with Crippen LogP contribution in [0, 0.1) is 5.82 Å². The van der Waals surface area contributed by atoms with E-state index in [4.69, 9.17) is 28.9 Å². The number of halogens is 3. The van der Waals surface area contributed by atoms with Gasteiger partial charge in [-0.05, 0) is 29.8 Å². The second-order valence-electron chi connectivity index (χ2n) is 4.17. The number of sulfone groups is 1. The molecule has 0 unspecified atom stereocenters. The Kier molecular flexibility index (Phi) is 4.22. The average molecular weight is 334 g/mol. The minimum Gasteiger partial charge on any atom is -0.398 e. The lowest BCUT2D eigenvalue weighted by Crippen LogP contribution is -2.09. The first-order chi connectivity index (χ1) is 9.31. The number of hydrogen-bond donors (Lipinski definition) is 1. The highest BCUT2D eigenvalue weighted by molar-refractivity contribution is 7.91. The van der Waals surface area contributed by atoms with Gasteiger partial charge in [0.2, 0.25) is 0 Å². The summed E-state index contributed by atoms with van der Waals surface area (Å²) in [7, 11) is -3.77. The van der Waals surface area contributed by atoms with E-state index in [1.807, 2.05) is 0 Å². The molecule has 2 rings (SSSR count). The van der Waals surface area contributed by atoms with Gasteiger partial charge < -0.3 is 5.73 Å². The minimum absolute atomic E-state index is 0.0411. The summed E-state index contributed by atoms with van der Waals surface area (Å²) >= 11 is 11.4. The van der Waals surface area contributed by atoms with E-state index in [-0.39, 0.29) is 26.2 Å². The molecule has 2 N–H and O–H groups in total. The smallest absolute Gasteiger partial charge is 0.186 e.